The molecule has 0 bridgehead atoms. The molecule has 0 fully saturated rings. The summed E-state index contributed by atoms with van der Waals surface area (Å²) in [5, 5.41) is 0. The molecule has 0 aromatic heterocycles. The Labute approximate surface area is 190 Å². The molecule has 4 rings (SSSR count). The summed E-state index contributed by atoms with van der Waals surface area (Å²) >= 11 is 0. The van der Waals surface area contributed by atoms with Crippen LogP contribution in [0.5, 0.6) is 0 Å². The first-order chi connectivity index (χ1) is 15.2. The summed E-state index contributed by atoms with van der Waals surface area (Å²) in [4.78, 5) is 29.6. The minimum absolute atomic E-state index is 0.0412. The number of carbonyl (C=O) groups excluding carboxylic acids is 2. The van der Waals surface area contributed by atoms with Crippen molar-refractivity contribution in [1.29, 1.82) is 0 Å². The Morgan fingerprint density at radius 2 is 1.69 bits per heavy atom. The number of aliphatic imine (C=N–C) groups is 1. The highest BCUT2D eigenvalue weighted by atomic mass is 16.5. The molecular weight excluding hydrogens is 398 g/mol. The molecule has 0 saturated heterocycles. The van der Waals surface area contributed by atoms with Crippen LogP contribution >= 0.6 is 0 Å². The smallest absolute Gasteiger partial charge is 0.293 e. The summed E-state index contributed by atoms with van der Waals surface area (Å²) in [6.07, 6.45) is 4.70. The topological polar surface area (TPSA) is 55.7 Å². The highest BCUT2D eigenvalue weighted by Gasteiger charge is 2.49. The lowest BCUT2D eigenvalue weighted by molar-refractivity contribution is -0.131. The molecule has 1 aliphatic carbocycles. The minimum Gasteiger partial charge on any atom is -0.460 e. The maximum atomic E-state index is 13.2. The molecule has 4 heteroatoms. The van der Waals surface area contributed by atoms with Crippen molar-refractivity contribution in [3.05, 3.63) is 82.9 Å². The molecule has 2 atom stereocenters. The first-order valence-corrected chi connectivity index (χ1v) is 11.4. The first-order valence-electron chi connectivity index (χ1n) is 11.4. The molecule has 1 amide bonds. The van der Waals surface area contributed by atoms with Gasteiger partial charge in [0.1, 0.15) is 0 Å². The highest BCUT2D eigenvalue weighted by molar-refractivity contribution is 6.09. The average molecular weight is 430 g/mol. The number of benzene rings is 2. The number of carbonyl (C=O) groups is 2. The number of hydrogen-bond acceptors (Lipinski definition) is 3. The molecule has 0 N–H and O–H groups in total. The number of ether oxygens (including phenoxy) is 1. The lowest BCUT2D eigenvalue weighted by atomic mass is 9.76. The van der Waals surface area contributed by atoms with Gasteiger partial charge in [-0.2, -0.15) is 4.99 Å². The van der Waals surface area contributed by atoms with E-state index in [1.54, 1.807) is 6.08 Å². The van der Waals surface area contributed by atoms with Crippen LogP contribution in [0.3, 0.4) is 0 Å². The van der Waals surface area contributed by atoms with Gasteiger partial charge in [0.05, 0.1) is 0 Å². The second-order valence-corrected chi connectivity index (χ2v) is 10.0. The van der Waals surface area contributed by atoms with E-state index >= 15 is 0 Å². The molecule has 1 aliphatic heterocycles. The zero-order valence-electron chi connectivity index (χ0n) is 19.4. The molecule has 4 nitrogen and oxygen atoms in total. The fourth-order valence-electron chi connectivity index (χ4n) is 4.53. The van der Waals surface area contributed by atoms with E-state index < -0.39 is 5.60 Å². The van der Waals surface area contributed by atoms with Crippen molar-refractivity contribution in [3.8, 4) is 0 Å². The van der Waals surface area contributed by atoms with Gasteiger partial charge in [0.25, 0.3) is 5.91 Å². The van der Waals surface area contributed by atoms with E-state index in [0.29, 0.717) is 18.7 Å². The van der Waals surface area contributed by atoms with Gasteiger partial charge in [-0.15, -0.1) is 0 Å². The van der Waals surface area contributed by atoms with Gasteiger partial charge in [-0.1, -0.05) is 68.8 Å². The van der Waals surface area contributed by atoms with Crippen LogP contribution in [0.2, 0.25) is 0 Å². The van der Waals surface area contributed by atoms with Crippen LogP contribution in [-0.2, 0) is 19.7 Å². The highest BCUT2D eigenvalue weighted by Crippen LogP contribution is 2.42. The van der Waals surface area contributed by atoms with Crippen molar-refractivity contribution in [2.24, 2.45) is 4.99 Å². The Bertz CT molecular complexity index is 1070. The van der Waals surface area contributed by atoms with Crippen molar-refractivity contribution < 1.29 is 14.3 Å². The summed E-state index contributed by atoms with van der Waals surface area (Å²) in [5.74, 6) is 0.0105. The molecule has 32 heavy (non-hydrogen) atoms. The number of rotatable bonds is 5. The van der Waals surface area contributed by atoms with Gasteiger partial charge in [0, 0.05) is 17.9 Å². The lowest BCUT2D eigenvalue weighted by Crippen LogP contribution is -2.41. The monoisotopic (exact) mass is 429 g/mol. The third kappa shape index (κ3) is 4.45. The number of allylic oxidation sites excluding steroid dienone is 2. The van der Waals surface area contributed by atoms with Crippen LogP contribution in [0.15, 0.2) is 71.2 Å². The molecule has 2 aromatic carbocycles. The number of ketones is 1. The fraction of sp³-hybridized carbons (Fsp3) is 0.393. The van der Waals surface area contributed by atoms with Gasteiger partial charge in [0.2, 0.25) is 5.90 Å². The third-order valence-corrected chi connectivity index (χ3v) is 6.55. The maximum absolute atomic E-state index is 13.2. The van der Waals surface area contributed by atoms with Crippen LogP contribution in [0.1, 0.15) is 76.0 Å². The van der Waals surface area contributed by atoms with Gasteiger partial charge < -0.3 is 4.74 Å². The largest absolute Gasteiger partial charge is 0.460 e. The molecule has 0 unspecified atom stereocenters. The van der Waals surface area contributed by atoms with Crippen molar-refractivity contribution in [2.45, 2.75) is 70.3 Å². The maximum Gasteiger partial charge on any atom is 0.293 e. The standard InChI is InChI=1S/C28H31NO3/c1-27(2,3)22-15-13-20(14-16-22)24(18-19-9-8-12-23(30)17-19)28(4)26(31)29-25(32-28)21-10-6-5-7-11-21/h5-7,10-11,13-17,24H,8-9,12,18H2,1-4H3/t24-,28+/m0/s1. The molecule has 1 heterocycles. The van der Waals surface area contributed by atoms with E-state index in [2.05, 4.69) is 50.0 Å². The summed E-state index contributed by atoms with van der Waals surface area (Å²) in [6, 6.07) is 18.0. The average Bonchev–Trinajstić information content (AvgIpc) is 3.07. The molecule has 0 radical (unpaired) electrons. The number of nitrogens with zero attached hydrogens (tertiary/aromatic N) is 1. The number of hydrogen-bond donors (Lipinski definition) is 0. The van der Waals surface area contributed by atoms with Crippen molar-refractivity contribution in [1.82, 2.24) is 0 Å². The van der Waals surface area contributed by atoms with Gasteiger partial charge in [-0.3, -0.25) is 9.59 Å². The van der Waals surface area contributed by atoms with Crippen molar-refractivity contribution in [3.63, 3.8) is 0 Å². The van der Waals surface area contributed by atoms with Gasteiger partial charge >= 0.3 is 0 Å². The first kappa shape index (κ1) is 22.2. The molecule has 2 aromatic rings. The summed E-state index contributed by atoms with van der Waals surface area (Å²) in [7, 11) is 0. The van der Waals surface area contributed by atoms with Gasteiger partial charge in [-0.25, -0.2) is 0 Å². The Hall–Kier alpha value is -3.01. The Kier molecular flexibility index (Phi) is 5.89. The Balaban J connectivity index is 1.70. The Morgan fingerprint density at radius 3 is 2.31 bits per heavy atom. The van der Waals surface area contributed by atoms with E-state index in [4.69, 9.17) is 4.74 Å². The van der Waals surface area contributed by atoms with E-state index in [9.17, 15) is 9.59 Å². The second-order valence-electron chi connectivity index (χ2n) is 10.0. The van der Waals surface area contributed by atoms with Crippen LogP contribution < -0.4 is 0 Å². The zero-order chi connectivity index (χ0) is 22.9. The molecular formula is C28H31NO3. The SMILES string of the molecule is CC(C)(C)c1ccc([C@H](CC2=CC(=O)CCC2)[C@@]2(C)OC(c3ccccc3)=NC2=O)cc1. The van der Waals surface area contributed by atoms with Gasteiger partial charge in [-0.05, 0) is 60.9 Å². The second kappa shape index (κ2) is 8.50. The van der Waals surface area contributed by atoms with Crippen LogP contribution in [-0.4, -0.2) is 23.2 Å². The summed E-state index contributed by atoms with van der Waals surface area (Å²) in [6.45, 7) is 8.39. The van der Waals surface area contributed by atoms with Crippen LogP contribution in [0.25, 0.3) is 0 Å². The summed E-state index contributed by atoms with van der Waals surface area (Å²) in [5.41, 5.74) is 3.04. The van der Waals surface area contributed by atoms with E-state index in [-0.39, 0.29) is 23.0 Å². The quantitative estimate of drug-likeness (QED) is 0.595. The van der Waals surface area contributed by atoms with E-state index in [1.807, 2.05) is 37.3 Å². The van der Waals surface area contributed by atoms with E-state index in [0.717, 1.165) is 29.5 Å². The van der Waals surface area contributed by atoms with Crippen LogP contribution in [0, 0.1) is 0 Å². The van der Waals surface area contributed by atoms with Gasteiger partial charge in [0.15, 0.2) is 11.4 Å². The minimum atomic E-state index is -1.13. The predicted octanol–water partition coefficient (Wildman–Crippen LogP) is 5.90. The van der Waals surface area contributed by atoms with Crippen molar-refractivity contribution >= 4 is 17.6 Å². The predicted molar refractivity (Wildman–Crippen MR) is 127 cm³/mol. The third-order valence-electron chi connectivity index (χ3n) is 6.55. The summed E-state index contributed by atoms with van der Waals surface area (Å²) < 4.78 is 6.32. The van der Waals surface area contributed by atoms with Crippen LogP contribution in [0.4, 0.5) is 0 Å². The van der Waals surface area contributed by atoms with E-state index in [1.165, 1.54) is 5.56 Å². The number of amides is 1. The fourth-order valence-corrected chi connectivity index (χ4v) is 4.53. The molecule has 0 saturated carbocycles. The normalized spacial score (nSPS) is 22.2. The Morgan fingerprint density at radius 1 is 1.00 bits per heavy atom. The molecule has 0 spiro atoms. The van der Waals surface area contributed by atoms with Crippen molar-refractivity contribution in [2.75, 3.05) is 0 Å². The molecule has 2 aliphatic rings. The lowest BCUT2D eigenvalue weighted by Gasteiger charge is -2.33. The zero-order valence-corrected chi connectivity index (χ0v) is 19.4. The molecule has 166 valence electrons.